The van der Waals surface area contributed by atoms with E-state index in [1.54, 1.807) is 29.2 Å². The number of benzene rings is 2. The molecule has 0 aliphatic carbocycles. The molecule has 0 aromatic heterocycles. The first-order valence-corrected chi connectivity index (χ1v) is 11.9. The number of halogens is 3. The molecule has 8 heteroatoms. The second-order valence-electron chi connectivity index (χ2n) is 8.23. The van der Waals surface area contributed by atoms with E-state index in [1.807, 2.05) is 13.8 Å². The zero-order valence-corrected chi connectivity index (χ0v) is 20.5. The Kier molecular flexibility index (Phi) is 10.7. The summed E-state index contributed by atoms with van der Waals surface area (Å²) in [6, 6.07) is 11.7. The molecular formula is C26H36F3N3O2. The number of amides is 2. The molecule has 1 unspecified atom stereocenters. The summed E-state index contributed by atoms with van der Waals surface area (Å²) in [5, 5.41) is 2.91. The summed E-state index contributed by atoms with van der Waals surface area (Å²) >= 11 is 0. The quantitative estimate of drug-likeness (QED) is 0.371. The molecule has 1 atom stereocenters. The highest BCUT2D eigenvalue weighted by molar-refractivity contribution is 5.89. The highest BCUT2D eigenvalue weighted by Gasteiger charge is 2.30. The van der Waals surface area contributed by atoms with Gasteiger partial charge in [0.25, 0.3) is 0 Å². The summed E-state index contributed by atoms with van der Waals surface area (Å²) < 4.78 is 44.2. The fourth-order valence-corrected chi connectivity index (χ4v) is 3.73. The van der Waals surface area contributed by atoms with Gasteiger partial charge in [-0.05, 0) is 88.3 Å². The molecule has 34 heavy (non-hydrogen) atoms. The van der Waals surface area contributed by atoms with Crippen molar-refractivity contribution in [1.29, 1.82) is 0 Å². The van der Waals surface area contributed by atoms with Crippen molar-refractivity contribution < 1.29 is 22.7 Å². The first-order chi connectivity index (χ1) is 16.2. The predicted molar refractivity (Wildman–Crippen MR) is 130 cm³/mol. The number of hydrogen-bond acceptors (Lipinski definition) is 3. The van der Waals surface area contributed by atoms with E-state index >= 15 is 0 Å². The Labute approximate surface area is 200 Å². The smallest absolute Gasteiger partial charge is 0.416 e. The maximum atomic E-state index is 13.2. The number of urea groups is 1. The minimum Gasteiger partial charge on any atom is -0.494 e. The summed E-state index contributed by atoms with van der Waals surface area (Å²) in [6.07, 6.45) is -2.68. The lowest BCUT2D eigenvalue weighted by molar-refractivity contribution is -0.137. The minimum atomic E-state index is -4.39. The number of carbonyl (C=O) groups is 1. The van der Waals surface area contributed by atoms with E-state index in [9.17, 15) is 18.0 Å². The maximum absolute atomic E-state index is 13.2. The van der Waals surface area contributed by atoms with Crippen molar-refractivity contribution in [3.8, 4) is 5.75 Å². The average molecular weight is 480 g/mol. The van der Waals surface area contributed by atoms with Gasteiger partial charge in [-0.25, -0.2) is 4.79 Å². The molecule has 2 aromatic carbocycles. The lowest BCUT2D eigenvalue weighted by Gasteiger charge is -2.30. The van der Waals surface area contributed by atoms with Gasteiger partial charge in [-0.2, -0.15) is 13.2 Å². The second-order valence-corrected chi connectivity index (χ2v) is 8.23. The van der Waals surface area contributed by atoms with Crippen LogP contribution in [0.2, 0.25) is 0 Å². The Morgan fingerprint density at radius 3 is 2.15 bits per heavy atom. The van der Waals surface area contributed by atoms with E-state index in [1.165, 1.54) is 12.1 Å². The molecule has 0 saturated carbocycles. The van der Waals surface area contributed by atoms with Gasteiger partial charge in [-0.3, -0.25) is 0 Å². The molecule has 0 spiro atoms. The van der Waals surface area contributed by atoms with Crippen molar-refractivity contribution in [2.45, 2.75) is 59.3 Å². The van der Waals surface area contributed by atoms with E-state index in [4.69, 9.17) is 4.74 Å². The van der Waals surface area contributed by atoms with Crippen LogP contribution in [0, 0.1) is 0 Å². The average Bonchev–Trinajstić information content (AvgIpc) is 2.81. The second kappa shape index (κ2) is 13.2. The molecular weight excluding hydrogens is 443 g/mol. The molecule has 2 rings (SSSR count). The molecule has 0 heterocycles. The number of nitrogens with one attached hydrogen (secondary N) is 1. The van der Waals surface area contributed by atoms with E-state index in [2.05, 4.69) is 24.1 Å². The van der Waals surface area contributed by atoms with Gasteiger partial charge in [0, 0.05) is 18.3 Å². The van der Waals surface area contributed by atoms with Crippen LogP contribution in [0.25, 0.3) is 0 Å². The predicted octanol–water partition coefficient (Wildman–Crippen LogP) is 6.65. The summed E-state index contributed by atoms with van der Waals surface area (Å²) in [5.41, 5.74) is 0.570. The Hall–Kier alpha value is -2.74. The van der Waals surface area contributed by atoms with Crippen LogP contribution < -0.4 is 10.1 Å². The number of nitrogens with zero attached hydrogens (tertiary/aromatic N) is 2. The van der Waals surface area contributed by atoms with Gasteiger partial charge in [-0.15, -0.1) is 0 Å². The number of rotatable bonds is 12. The molecule has 1 N–H and O–H groups in total. The van der Waals surface area contributed by atoms with Crippen LogP contribution in [-0.2, 0) is 12.7 Å². The normalized spacial score (nSPS) is 12.5. The number of alkyl halides is 3. The highest BCUT2D eigenvalue weighted by Crippen LogP contribution is 2.29. The van der Waals surface area contributed by atoms with Crippen LogP contribution in [-0.4, -0.2) is 48.1 Å². The van der Waals surface area contributed by atoms with E-state index in [0.717, 1.165) is 44.6 Å². The van der Waals surface area contributed by atoms with Crippen molar-refractivity contribution in [1.82, 2.24) is 9.80 Å². The summed E-state index contributed by atoms with van der Waals surface area (Å²) in [5.74, 6) is 0.715. The maximum Gasteiger partial charge on any atom is 0.416 e. The SMILES string of the molecule is CCOc1ccc(NC(=O)N(Cc2ccc(C(F)(F)F)cc2)C(C)CCCN(CC)CC)cc1. The Morgan fingerprint density at radius 1 is 1.00 bits per heavy atom. The molecule has 2 aromatic rings. The van der Waals surface area contributed by atoms with E-state index in [-0.39, 0.29) is 18.6 Å². The van der Waals surface area contributed by atoms with Gasteiger partial charge in [0.2, 0.25) is 0 Å². The van der Waals surface area contributed by atoms with Gasteiger partial charge >= 0.3 is 12.2 Å². The molecule has 0 fully saturated rings. The zero-order chi connectivity index (χ0) is 25.1. The standard InChI is InChI=1S/C26H36F3N3O2/c1-5-31(6-2)18-8-9-20(4)32(19-21-10-12-22(13-11-21)26(27,28)29)25(33)30-23-14-16-24(17-15-23)34-7-3/h10-17,20H,5-9,18-19H2,1-4H3,(H,30,33). The fraction of sp³-hybridized carbons (Fsp3) is 0.500. The van der Waals surface area contributed by atoms with Gasteiger partial charge in [-0.1, -0.05) is 26.0 Å². The third kappa shape index (κ3) is 8.56. The van der Waals surface area contributed by atoms with Crippen molar-refractivity contribution in [3.63, 3.8) is 0 Å². The molecule has 5 nitrogen and oxygen atoms in total. The van der Waals surface area contributed by atoms with Crippen molar-refractivity contribution >= 4 is 11.7 Å². The molecule has 0 radical (unpaired) electrons. The molecule has 2 amide bonds. The first-order valence-electron chi connectivity index (χ1n) is 11.9. The lowest BCUT2D eigenvalue weighted by Crippen LogP contribution is -2.41. The molecule has 0 bridgehead atoms. The van der Waals surface area contributed by atoms with Gasteiger partial charge < -0.3 is 19.9 Å². The minimum absolute atomic E-state index is 0.0967. The van der Waals surface area contributed by atoms with Crippen LogP contribution in [0.3, 0.4) is 0 Å². The summed E-state index contributed by atoms with van der Waals surface area (Å²) in [6.45, 7) is 11.8. The molecule has 0 aliphatic rings. The monoisotopic (exact) mass is 479 g/mol. The number of hydrogen-bond donors (Lipinski definition) is 1. The first kappa shape index (κ1) is 27.5. The van der Waals surface area contributed by atoms with E-state index < -0.39 is 11.7 Å². The largest absolute Gasteiger partial charge is 0.494 e. The lowest BCUT2D eigenvalue weighted by atomic mass is 10.1. The Morgan fingerprint density at radius 2 is 1.62 bits per heavy atom. The third-order valence-electron chi connectivity index (χ3n) is 5.83. The number of anilines is 1. The van der Waals surface area contributed by atoms with Gasteiger partial charge in [0.15, 0.2) is 0 Å². The van der Waals surface area contributed by atoms with Crippen molar-refractivity contribution in [3.05, 3.63) is 59.7 Å². The number of carbonyl (C=O) groups excluding carboxylic acids is 1. The highest BCUT2D eigenvalue weighted by atomic mass is 19.4. The summed E-state index contributed by atoms with van der Waals surface area (Å²) in [7, 11) is 0. The van der Waals surface area contributed by atoms with Crippen LogP contribution in [0.5, 0.6) is 5.75 Å². The van der Waals surface area contributed by atoms with Crippen molar-refractivity contribution in [2.75, 3.05) is 31.6 Å². The van der Waals surface area contributed by atoms with Crippen LogP contribution >= 0.6 is 0 Å². The van der Waals surface area contributed by atoms with Crippen molar-refractivity contribution in [2.24, 2.45) is 0 Å². The molecule has 0 saturated heterocycles. The fourth-order valence-electron chi connectivity index (χ4n) is 3.73. The van der Waals surface area contributed by atoms with Gasteiger partial charge in [0.05, 0.1) is 12.2 Å². The van der Waals surface area contributed by atoms with Crippen LogP contribution in [0.1, 0.15) is 51.7 Å². The van der Waals surface area contributed by atoms with Crippen LogP contribution in [0.15, 0.2) is 48.5 Å². The van der Waals surface area contributed by atoms with Crippen LogP contribution in [0.4, 0.5) is 23.7 Å². The molecule has 0 aliphatic heterocycles. The third-order valence-corrected chi connectivity index (χ3v) is 5.83. The van der Waals surface area contributed by atoms with Gasteiger partial charge in [0.1, 0.15) is 5.75 Å². The topological polar surface area (TPSA) is 44.8 Å². The van der Waals surface area contributed by atoms with E-state index in [0.29, 0.717) is 23.6 Å². The summed E-state index contributed by atoms with van der Waals surface area (Å²) in [4.78, 5) is 17.2. The number of ether oxygens (including phenoxy) is 1. The Bertz CT molecular complexity index is 866. The Balaban J connectivity index is 2.13. The molecule has 188 valence electrons. The zero-order valence-electron chi connectivity index (χ0n) is 20.5.